The maximum absolute atomic E-state index is 11.0. The molecule has 0 aliphatic rings. The van der Waals surface area contributed by atoms with Gasteiger partial charge in [0, 0.05) is 8.95 Å². The standard InChI is InChI=1S/C8H7Br2O/c1-5(11)7-3-2-6(9)4-8(7)10/h2-5H,1H3. The number of benzene rings is 1. The Morgan fingerprint density at radius 3 is 2.45 bits per heavy atom. The highest BCUT2D eigenvalue weighted by Gasteiger charge is 2.06. The molecule has 0 fully saturated rings. The molecule has 1 aromatic carbocycles. The predicted octanol–water partition coefficient (Wildman–Crippen LogP) is 3.70. The van der Waals surface area contributed by atoms with E-state index >= 15 is 0 Å². The van der Waals surface area contributed by atoms with Gasteiger partial charge in [-0.1, -0.05) is 37.9 Å². The zero-order chi connectivity index (χ0) is 8.43. The molecule has 0 amide bonds. The van der Waals surface area contributed by atoms with E-state index in [4.69, 9.17) is 0 Å². The minimum absolute atomic E-state index is 0.669. The maximum Gasteiger partial charge on any atom is 0.116 e. The summed E-state index contributed by atoms with van der Waals surface area (Å²) in [5.41, 5.74) is 0.799. The van der Waals surface area contributed by atoms with Crippen LogP contribution in [-0.4, -0.2) is 0 Å². The molecule has 1 aromatic rings. The maximum atomic E-state index is 11.0. The van der Waals surface area contributed by atoms with Crippen molar-refractivity contribution in [3.8, 4) is 0 Å². The third kappa shape index (κ3) is 2.29. The summed E-state index contributed by atoms with van der Waals surface area (Å²) >= 11 is 6.63. The first-order chi connectivity index (χ1) is 5.11. The lowest BCUT2D eigenvalue weighted by atomic mass is 10.1. The van der Waals surface area contributed by atoms with Crippen LogP contribution in [0.25, 0.3) is 0 Å². The molecule has 1 rings (SSSR count). The van der Waals surface area contributed by atoms with Crippen molar-refractivity contribution < 1.29 is 5.11 Å². The zero-order valence-electron chi connectivity index (χ0n) is 5.97. The van der Waals surface area contributed by atoms with Crippen molar-refractivity contribution in [1.29, 1.82) is 0 Å². The molecular weight excluding hydrogens is 272 g/mol. The fraction of sp³-hybridized carbons (Fsp3) is 0.250. The molecule has 1 atom stereocenters. The van der Waals surface area contributed by atoms with E-state index in [2.05, 4.69) is 31.9 Å². The lowest BCUT2D eigenvalue weighted by Crippen LogP contribution is -1.89. The highest BCUT2D eigenvalue weighted by atomic mass is 79.9. The van der Waals surface area contributed by atoms with Crippen LogP contribution < -0.4 is 0 Å². The molecule has 11 heavy (non-hydrogen) atoms. The molecule has 0 N–H and O–H groups in total. The van der Waals surface area contributed by atoms with Crippen molar-refractivity contribution in [1.82, 2.24) is 0 Å². The molecule has 1 radical (unpaired) electrons. The van der Waals surface area contributed by atoms with Crippen molar-refractivity contribution in [2.45, 2.75) is 13.0 Å². The van der Waals surface area contributed by atoms with Gasteiger partial charge in [0.1, 0.15) is 6.10 Å². The minimum atomic E-state index is -0.669. The van der Waals surface area contributed by atoms with Gasteiger partial charge in [0.15, 0.2) is 0 Å². The highest BCUT2D eigenvalue weighted by molar-refractivity contribution is 9.11. The van der Waals surface area contributed by atoms with E-state index in [-0.39, 0.29) is 0 Å². The molecule has 1 unspecified atom stereocenters. The van der Waals surface area contributed by atoms with Crippen LogP contribution in [0.4, 0.5) is 0 Å². The molecule has 0 saturated carbocycles. The quantitative estimate of drug-likeness (QED) is 0.747. The van der Waals surface area contributed by atoms with Gasteiger partial charge in [0.05, 0.1) is 0 Å². The molecule has 0 saturated heterocycles. The Bertz CT molecular complexity index is 258. The molecule has 0 aliphatic carbocycles. The summed E-state index contributed by atoms with van der Waals surface area (Å²) in [7, 11) is 0. The van der Waals surface area contributed by atoms with Crippen molar-refractivity contribution in [3.05, 3.63) is 32.7 Å². The van der Waals surface area contributed by atoms with Gasteiger partial charge in [-0.15, -0.1) is 0 Å². The van der Waals surface area contributed by atoms with Gasteiger partial charge in [-0.25, -0.2) is 5.11 Å². The second-order valence-electron chi connectivity index (χ2n) is 2.31. The first kappa shape index (κ1) is 9.23. The summed E-state index contributed by atoms with van der Waals surface area (Å²) in [6, 6.07) is 5.57. The van der Waals surface area contributed by atoms with Gasteiger partial charge in [0.25, 0.3) is 0 Å². The number of hydrogen-bond donors (Lipinski definition) is 0. The largest absolute Gasteiger partial charge is 0.228 e. The van der Waals surface area contributed by atoms with E-state index in [0.29, 0.717) is 0 Å². The van der Waals surface area contributed by atoms with Crippen LogP contribution in [0.5, 0.6) is 0 Å². The van der Waals surface area contributed by atoms with Gasteiger partial charge in [-0.2, -0.15) is 0 Å². The topological polar surface area (TPSA) is 19.9 Å². The summed E-state index contributed by atoms with van der Waals surface area (Å²) in [5, 5.41) is 11.0. The van der Waals surface area contributed by atoms with Crippen LogP contribution in [0.1, 0.15) is 18.6 Å². The third-order valence-corrected chi connectivity index (χ3v) is 2.58. The number of hydrogen-bond acceptors (Lipinski definition) is 0. The first-order valence-electron chi connectivity index (χ1n) is 3.22. The molecule has 59 valence electrons. The van der Waals surface area contributed by atoms with Gasteiger partial charge in [0.2, 0.25) is 0 Å². The Hall–Kier alpha value is 0.140. The predicted molar refractivity (Wildman–Crippen MR) is 50.9 cm³/mol. The molecule has 0 heterocycles. The highest BCUT2D eigenvalue weighted by Crippen LogP contribution is 2.26. The summed E-state index contributed by atoms with van der Waals surface area (Å²) in [6.07, 6.45) is -0.669. The van der Waals surface area contributed by atoms with Gasteiger partial charge < -0.3 is 0 Å². The van der Waals surface area contributed by atoms with Crippen LogP contribution in [0.3, 0.4) is 0 Å². The fourth-order valence-corrected chi connectivity index (χ4v) is 2.20. The Morgan fingerprint density at radius 2 is 2.00 bits per heavy atom. The molecule has 0 bridgehead atoms. The second kappa shape index (κ2) is 3.70. The Morgan fingerprint density at radius 1 is 1.36 bits per heavy atom. The van der Waals surface area contributed by atoms with Crippen molar-refractivity contribution in [3.63, 3.8) is 0 Å². The van der Waals surface area contributed by atoms with Crippen LogP contribution in [0, 0.1) is 0 Å². The van der Waals surface area contributed by atoms with E-state index in [9.17, 15) is 5.11 Å². The Balaban J connectivity index is 3.09. The van der Waals surface area contributed by atoms with E-state index in [1.165, 1.54) is 0 Å². The number of halogens is 2. The van der Waals surface area contributed by atoms with E-state index in [1.807, 2.05) is 18.2 Å². The zero-order valence-corrected chi connectivity index (χ0v) is 9.15. The smallest absolute Gasteiger partial charge is 0.116 e. The average molecular weight is 279 g/mol. The van der Waals surface area contributed by atoms with Gasteiger partial charge in [-0.3, -0.25) is 0 Å². The monoisotopic (exact) mass is 277 g/mol. The van der Waals surface area contributed by atoms with Crippen LogP contribution in [-0.2, 0) is 5.11 Å². The third-order valence-electron chi connectivity index (χ3n) is 1.40. The molecule has 0 aliphatic heterocycles. The SMILES string of the molecule is CC([O])c1ccc(Br)cc1Br. The van der Waals surface area contributed by atoms with Crippen molar-refractivity contribution >= 4 is 31.9 Å². The normalized spacial score (nSPS) is 13.1. The summed E-state index contributed by atoms with van der Waals surface area (Å²) in [5.74, 6) is 0. The molecular formula is C8H7Br2O. The van der Waals surface area contributed by atoms with Crippen molar-refractivity contribution in [2.75, 3.05) is 0 Å². The van der Waals surface area contributed by atoms with Crippen LogP contribution in [0.2, 0.25) is 0 Å². The summed E-state index contributed by atoms with van der Waals surface area (Å²) < 4.78 is 1.85. The van der Waals surface area contributed by atoms with Gasteiger partial charge in [-0.05, 0) is 24.6 Å². The van der Waals surface area contributed by atoms with Crippen molar-refractivity contribution in [2.24, 2.45) is 0 Å². The molecule has 0 spiro atoms. The molecule has 0 aromatic heterocycles. The minimum Gasteiger partial charge on any atom is -0.228 e. The lowest BCUT2D eigenvalue weighted by molar-refractivity contribution is 0.106. The van der Waals surface area contributed by atoms with E-state index < -0.39 is 6.10 Å². The van der Waals surface area contributed by atoms with Crippen LogP contribution >= 0.6 is 31.9 Å². The summed E-state index contributed by atoms with van der Waals surface area (Å²) in [6.45, 7) is 1.63. The van der Waals surface area contributed by atoms with Gasteiger partial charge >= 0.3 is 0 Å². The Labute approximate surface area is 82.7 Å². The average Bonchev–Trinajstić information content (AvgIpc) is 1.85. The van der Waals surface area contributed by atoms with Crippen LogP contribution in [0.15, 0.2) is 27.1 Å². The molecule has 1 nitrogen and oxygen atoms in total. The lowest BCUT2D eigenvalue weighted by Gasteiger charge is -2.04. The Kier molecular flexibility index (Phi) is 3.10. The fourth-order valence-electron chi connectivity index (χ4n) is 0.831. The number of rotatable bonds is 1. The molecule has 3 heteroatoms. The first-order valence-corrected chi connectivity index (χ1v) is 4.80. The summed E-state index contributed by atoms with van der Waals surface area (Å²) in [4.78, 5) is 0. The van der Waals surface area contributed by atoms with E-state index in [1.54, 1.807) is 6.92 Å². The van der Waals surface area contributed by atoms with E-state index in [0.717, 1.165) is 14.5 Å². The second-order valence-corrected chi connectivity index (χ2v) is 4.08.